The van der Waals surface area contributed by atoms with Crippen molar-refractivity contribution in [3.05, 3.63) is 46.0 Å². The van der Waals surface area contributed by atoms with Crippen molar-refractivity contribution < 1.29 is 14.4 Å². The molecule has 1 aromatic rings. The summed E-state index contributed by atoms with van der Waals surface area (Å²) >= 11 is 0. The second-order valence-electron chi connectivity index (χ2n) is 3.86. The molecule has 90 valence electrons. The summed E-state index contributed by atoms with van der Waals surface area (Å²) in [5, 5.41) is 10.8. The third-order valence-electron chi connectivity index (χ3n) is 2.56. The van der Waals surface area contributed by atoms with Crippen LogP contribution in [0.4, 0.5) is 5.69 Å². The van der Waals surface area contributed by atoms with Gasteiger partial charge < -0.3 is 9.47 Å². The molecule has 0 spiro atoms. The first-order valence-corrected chi connectivity index (χ1v) is 5.31. The molecule has 1 aromatic carbocycles. The Labute approximate surface area is 98.8 Å². The Bertz CT molecular complexity index is 450. The average Bonchev–Trinajstić information content (AvgIpc) is 2.74. The van der Waals surface area contributed by atoms with Crippen LogP contribution in [0.1, 0.15) is 12.5 Å². The van der Waals surface area contributed by atoms with Crippen molar-refractivity contribution >= 4 is 11.8 Å². The molecule has 1 aliphatic heterocycles. The number of nitro benzene ring substituents is 1. The Morgan fingerprint density at radius 3 is 2.65 bits per heavy atom. The summed E-state index contributed by atoms with van der Waals surface area (Å²) in [4.78, 5) is 10.4. The first-order chi connectivity index (χ1) is 8.11. The topological polar surface area (TPSA) is 61.6 Å². The highest BCUT2D eigenvalue weighted by Crippen LogP contribution is 2.24. The number of para-hydroxylation sites is 1. The van der Waals surface area contributed by atoms with E-state index in [9.17, 15) is 10.1 Å². The molecule has 0 unspecified atom stereocenters. The standard InChI is InChI=1S/C12H13NO4/c1-12(16-8-9-17-12)7-6-10-4-2-3-5-11(10)13(14)15/h2-7H,8-9H2,1H3/b7-6+. The van der Waals surface area contributed by atoms with Crippen LogP contribution in [-0.2, 0) is 9.47 Å². The number of nitrogens with zero attached hydrogens (tertiary/aromatic N) is 1. The maximum absolute atomic E-state index is 10.8. The highest BCUT2D eigenvalue weighted by molar-refractivity contribution is 5.61. The lowest BCUT2D eigenvalue weighted by Crippen LogP contribution is -2.21. The van der Waals surface area contributed by atoms with Gasteiger partial charge in [-0.25, -0.2) is 0 Å². The molecule has 0 bridgehead atoms. The van der Waals surface area contributed by atoms with E-state index in [0.29, 0.717) is 18.8 Å². The summed E-state index contributed by atoms with van der Waals surface area (Å²) in [7, 11) is 0. The van der Waals surface area contributed by atoms with Gasteiger partial charge in [-0.15, -0.1) is 0 Å². The largest absolute Gasteiger partial charge is 0.344 e. The minimum atomic E-state index is -0.774. The molecule has 0 N–H and O–H groups in total. The summed E-state index contributed by atoms with van der Waals surface area (Å²) in [6.45, 7) is 2.86. The third-order valence-corrected chi connectivity index (χ3v) is 2.56. The fourth-order valence-corrected chi connectivity index (χ4v) is 1.66. The highest BCUT2D eigenvalue weighted by Gasteiger charge is 2.27. The van der Waals surface area contributed by atoms with Crippen molar-refractivity contribution in [3.8, 4) is 0 Å². The van der Waals surface area contributed by atoms with Crippen molar-refractivity contribution in [3.63, 3.8) is 0 Å². The monoisotopic (exact) mass is 235 g/mol. The smallest absolute Gasteiger partial charge is 0.276 e. The van der Waals surface area contributed by atoms with Gasteiger partial charge in [0.15, 0.2) is 5.79 Å². The fraction of sp³-hybridized carbons (Fsp3) is 0.333. The third kappa shape index (κ3) is 2.69. The zero-order valence-corrected chi connectivity index (χ0v) is 9.46. The van der Waals surface area contributed by atoms with Gasteiger partial charge in [0.2, 0.25) is 0 Å². The fourth-order valence-electron chi connectivity index (χ4n) is 1.66. The van der Waals surface area contributed by atoms with Crippen LogP contribution in [0.2, 0.25) is 0 Å². The van der Waals surface area contributed by atoms with Crippen LogP contribution in [-0.4, -0.2) is 23.9 Å². The Hall–Kier alpha value is -1.72. The van der Waals surface area contributed by atoms with Gasteiger partial charge in [-0.2, -0.15) is 0 Å². The average molecular weight is 235 g/mol. The van der Waals surface area contributed by atoms with E-state index >= 15 is 0 Å². The second-order valence-corrected chi connectivity index (χ2v) is 3.86. The molecular weight excluding hydrogens is 222 g/mol. The molecule has 1 heterocycles. The Morgan fingerprint density at radius 1 is 1.35 bits per heavy atom. The lowest BCUT2D eigenvalue weighted by Gasteiger charge is -2.16. The van der Waals surface area contributed by atoms with Gasteiger partial charge in [-0.3, -0.25) is 10.1 Å². The molecule has 0 amide bonds. The molecule has 1 saturated heterocycles. The molecule has 2 rings (SSSR count). The SMILES string of the molecule is CC1(/C=C/c2ccccc2[N+](=O)[O-])OCCO1. The number of rotatable bonds is 3. The number of nitro groups is 1. The van der Waals surface area contributed by atoms with E-state index < -0.39 is 10.7 Å². The maximum Gasteiger partial charge on any atom is 0.276 e. The van der Waals surface area contributed by atoms with Crippen molar-refractivity contribution in [2.75, 3.05) is 13.2 Å². The van der Waals surface area contributed by atoms with E-state index in [-0.39, 0.29) is 5.69 Å². The van der Waals surface area contributed by atoms with Crippen LogP contribution in [0.5, 0.6) is 0 Å². The molecule has 5 heteroatoms. The zero-order chi connectivity index (χ0) is 12.3. The normalized spacial score (nSPS) is 18.6. The van der Waals surface area contributed by atoms with Crippen molar-refractivity contribution in [1.29, 1.82) is 0 Å². The van der Waals surface area contributed by atoms with Crippen molar-refractivity contribution in [2.24, 2.45) is 0 Å². The molecule has 0 atom stereocenters. The van der Waals surface area contributed by atoms with Crippen molar-refractivity contribution in [2.45, 2.75) is 12.7 Å². The highest BCUT2D eigenvalue weighted by atomic mass is 16.7. The molecule has 5 nitrogen and oxygen atoms in total. The van der Waals surface area contributed by atoms with Crippen LogP contribution >= 0.6 is 0 Å². The van der Waals surface area contributed by atoms with Gasteiger partial charge in [0.05, 0.1) is 23.7 Å². The molecule has 0 aliphatic carbocycles. The van der Waals surface area contributed by atoms with Crippen LogP contribution in [0, 0.1) is 10.1 Å². The molecule has 17 heavy (non-hydrogen) atoms. The second kappa shape index (κ2) is 4.65. The number of ether oxygens (including phenoxy) is 2. The van der Waals surface area contributed by atoms with Crippen LogP contribution in [0.25, 0.3) is 6.08 Å². The summed E-state index contributed by atoms with van der Waals surface area (Å²) in [6.07, 6.45) is 3.35. The van der Waals surface area contributed by atoms with Crippen LogP contribution < -0.4 is 0 Å². The molecule has 0 radical (unpaired) electrons. The first-order valence-electron chi connectivity index (χ1n) is 5.31. The summed E-state index contributed by atoms with van der Waals surface area (Å²) < 4.78 is 10.8. The predicted octanol–water partition coefficient (Wildman–Crippen LogP) is 2.37. The van der Waals surface area contributed by atoms with Gasteiger partial charge in [-0.1, -0.05) is 12.1 Å². The lowest BCUT2D eigenvalue weighted by molar-refractivity contribution is -0.385. The summed E-state index contributed by atoms with van der Waals surface area (Å²) in [6, 6.07) is 6.55. The van der Waals surface area contributed by atoms with Gasteiger partial charge in [0, 0.05) is 6.07 Å². The van der Waals surface area contributed by atoms with Crippen LogP contribution in [0.15, 0.2) is 30.3 Å². The van der Waals surface area contributed by atoms with Crippen LogP contribution in [0.3, 0.4) is 0 Å². The first kappa shape index (κ1) is 11.8. The van der Waals surface area contributed by atoms with E-state index in [1.54, 1.807) is 37.3 Å². The predicted molar refractivity (Wildman–Crippen MR) is 62.4 cm³/mol. The van der Waals surface area contributed by atoms with Gasteiger partial charge in [-0.05, 0) is 25.1 Å². The quantitative estimate of drug-likeness (QED) is 0.596. The number of hydrogen-bond acceptors (Lipinski definition) is 4. The molecule has 1 aliphatic rings. The van der Waals surface area contributed by atoms with E-state index in [1.165, 1.54) is 6.07 Å². The molecule has 0 saturated carbocycles. The van der Waals surface area contributed by atoms with E-state index in [1.807, 2.05) is 0 Å². The van der Waals surface area contributed by atoms with Gasteiger partial charge in [0.25, 0.3) is 5.69 Å². The Balaban J connectivity index is 2.23. The summed E-state index contributed by atoms with van der Waals surface area (Å²) in [5.41, 5.74) is 0.614. The van der Waals surface area contributed by atoms with Gasteiger partial charge >= 0.3 is 0 Å². The minimum Gasteiger partial charge on any atom is -0.344 e. The maximum atomic E-state index is 10.8. The molecule has 0 aromatic heterocycles. The lowest BCUT2D eigenvalue weighted by atomic mass is 10.1. The van der Waals surface area contributed by atoms with E-state index in [2.05, 4.69) is 0 Å². The molecule has 1 fully saturated rings. The zero-order valence-electron chi connectivity index (χ0n) is 9.46. The summed E-state index contributed by atoms with van der Waals surface area (Å²) in [5.74, 6) is -0.774. The van der Waals surface area contributed by atoms with Gasteiger partial charge in [0.1, 0.15) is 0 Å². The minimum absolute atomic E-state index is 0.0744. The van der Waals surface area contributed by atoms with E-state index in [0.717, 1.165) is 0 Å². The number of benzene rings is 1. The molecular formula is C12H13NO4. The Kier molecular flexibility index (Phi) is 3.21. The Morgan fingerprint density at radius 2 is 2.00 bits per heavy atom. The van der Waals surface area contributed by atoms with E-state index in [4.69, 9.17) is 9.47 Å². The van der Waals surface area contributed by atoms with Crippen molar-refractivity contribution in [1.82, 2.24) is 0 Å². The number of hydrogen-bond donors (Lipinski definition) is 0.